The van der Waals surface area contributed by atoms with Gasteiger partial charge in [0.25, 0.3) is 0 Å². The zero-order valence-electron chi connectivity index (χ0n) is 17.5. The highest BCUT2D eigenvalue weighted by molar-refractivity contribution is 5.81. The molecular weight excluding hydrogens is 360 g/mol. The predicted molar refractivity (Wildman–Crippen MR) is 116 cm³/mol. The van der Waals surface area contributed by atoms with Crippen molar-refractivity contribution in [3.05, 3.63) is 71.8 Å². The van der Waals surface area contributed by atoms with Gasteiger partial charge in [-0.15, -0.1) is 0 Å². The van der Waals surface area contributed by atoms with Gasteiger partial charge in [0.15, 0.2) is 0 Å². The van der Waals surface area contributed by atoms with Gasteiger partial charge in [0.1, 0.15) is 0 Å². The minimum atomic E-state index is 0.0179. The lowest BCUT2D eigenvalue weighted by Crippen LogP contribution is -2.42. The molecular formula is C25H32N2O2. The molecule has 1 N–H and O–H groups in total. The summed E-state index contributed by atoms with van der Waals surface area (Å²) in [6.45, 7) is 5.36. The minimum absolute atomic E-state index is 0.0179. The van der Waals surface area contributed by atoms with Crippen LogP contribution in [0.25, 0.3) is 0 Å². The predicted octanol–water partition coefficient (Wildman–Crippen LogP) is 4.55. The van der Waals surface area contributed by atoms with Gasteiger partial charge < -0.3 is 10.2 Å². The van der Waals surface area contributed by atoms with Gasteiger partial charge in [-0.05, 0) is 50.7 Å². The summed E-state index contributed by atoms with van der Waals surface area (Å²) in [5.74, 6) is 0.389. The van der Waals surface area contributed by atoms with Crippen LogP contribution < -0.4 is 5.32 Å². The quantitative estimate of drug-likeness (QED) is 0.752. The first-order chi connectivity index (χ1) is 14.0. The zero-order chi connectivity index (χ0) is 20.6. The van der Waals surface area contributed by atoms with Crippen LogP contribution in [0.1, 0.15) is 50.7 Å². The van der Waals surface area contributed by atoms with Crippen molar-refractivity contribution in [1.29, 1.82) is 0 Å². The molecule has 0 heterocycles. The number of amides is 2. The van der Waals surface area contributed by atoms with Crippen LogP contribution in [-0.4, -0.2) is 22.8 Å². The Morgan fingerprint density at radius 1 is 0.862 bits per heavy atom. The number of benzene rings is 2. The van der Waals surface area contributed by atoms with Crippen LogP contribution in [0.3, 0.4) is 0 Å². The second kappa shape index (κ2) is 10.2. The molecule has 0 spiro atoms. The number of rotatable bonds is 7. The minimum Gasteiger partial charge on any atom is -0.352 e. The number of nitrogens with zero attached hydrogens (tertiary/aromatic N) is 1. The number of carbonyl (C=O) groups excluding carboxylic acids is 2. The first-order valence-corrected chi connectivity index (χ1v) is 10.7. The van der Waals surface area contributed by atoms with Crippen molar-refractivity contribution in [2.75, 3.05) is 0 Å². The molecule has 2 amide bonds. The summed E-state index contributed by atoms with van der Waals surface area (Å²) in [6.07, 6.45) is 3.16. The van der Waals surface area contributed by atoms with E-state index in [9.17, 15) is 9.59 Å². The molecule has 1 aliphatic carbocycles. The van der Waals surface area contributed by atoms with E-state index in [2.05, 4.69) is 31.3 Å². The van der Waals surface area contributed by atoms with Gasteiger partial charge in [0.2, 0.25) is 11.8 Å². The normalized spacial score (nSPS) is 19.0. The Hall–Kier alpha value is -2.62. The highest BCUT2D eigenvalue weighted by Crippen LogP contribution is 2.31. The molecule has 4 heteroatoms. The van der Waals surface area contributed by atoms with Crippen LogP contribution in [0.15, 0.2) is 60.7 Å². The van der Waals surface area contributed by atoms with Gasteiger partial charge in [0.05, 0.1) is 0 Å². The maximum Gasteiger partial charge on any atom is 0.226 e. The molecule has 4 nitrogen and oxygen atoms in total. The van der Waals surface area contributed by atoms with Gasteiger partial charge in [-0.25, -0.2) is 0 Å². The van der Waals surface area contributed by atoms with E-state index in [1.807, 2.05) is 53.4 Å². The Labute approximate surface area is 174 Å². The Bertz CT molecular complexity index is 781. The fourth-order valence-corrected chi connectivity index (χ4v) is 4.06. The summed E-state index contributed by atoms with van der Waals surface area (Å²) < 4.78 is 0. The number of hydrogen-bond acceptors (Lipinski definition) is 2. The molecule has 2 aromatic rings. The van der Waals surface area contributed by atoms with E-state index in [4.69, 9.17) is 0 Å². The maximum absolute atomic E-state index is 13.2. The van der Waals surface area contributed by atoms with Gasteiger partial charge in [-0.3, -0.25) is 9.59 Å². The van der Waals surface area contributed by atoms with Gasteiger partial charge >= 0.3 is 0 Å². The van der Waals surface area contributed by atoms with Crippen LogP contribution in [0.5, 0.6) is 0 Å². The fourth-order valence-electron chi connectivity index (χ4n) is 4.06. The molecule has 0 aliphatic heterocycles. The van der Waals surface area contributed by atoms with Crippen LogP contribution in [-0.2, 0) is 22.7 Å². The standard InChI is InChI=1S/C25H32N2O2/c1-19(2)27(18-21-11-7-4-8-12-21)25(29)23-15-13-22(14-16-23)24(28)26-17-20-9-5-3-6-10-20/h3-12,19,22-23H,13-18H2,1-2H3,(H,26,28). The smallest absolute Gasteiger partial charge is 0.226 e. The third-order valence-electron chi connectivity index (χ3n) is 5.86. The summed E-state index contributed by atoms with van der Waals surface area (Å²) in [7, 11) is 0. The molecule has 0 radical (unpaired) electrons. The lowest BCUT2D eigenvalue weighted by atomic mass is 9.80. The Morgan fingerprint density at radius 2 is 1.38 bits per heavy atom. The molecule has 0 unspecified atom stereocenters. The highest BCUT2D eigenvalue weighted by atomic mass is 16.2. The summed E-state index contributed by atoms with van der Waals surface area (Å²) in [4.78, 5) is 27.7. The molecule has 0 aromatic heterocycles. The van der Waals surface area contributed by atoms with E-state index in [0.717, 1.165) is 36.8 Å². The molecule has 0 atom stereocenters. The number of nitrogens with one attached hydrogen (secondary N) is 1. The fraction of sp³-hybridized carbons (Fsp3) is 0.440. The molecule has 0 bridgehead atoms. The first-order valence-electron chi connectivity index (χ1n) is 10.7. The van der Waals surface area contributed by atoms with Crippen molar-refractivity contribution >= 4 is 11.8 Å². The summed E-state index contributed by atoms with van der Waals surface area (Å²) in [6, 6.07) is 20.3. The average Bonchev–Trinajstić information content (AvgIpc) is 2.76. The molecule has 154 valence electrons. The average molecular weight is 393 g/mol. The molecule has 1 saturated carbocycles. The Morgan fingerprint density at radius 3 is 1.93 bits per heavy atom. The molecule has 3 rings (SSSR count). The van der Waals surface area contributed by atoms with Crippen molar-refractivity contribution < 1.29 is 9.59 Å². The molecule has 29 heavy (non-hydrogen) atoms. The largest absolute Gasteiger partial charge is 0.352 e. The van der Waals surface area contributed by atoms with Gasteiger partial charge in [-0.1, -0.05) is 60.7 Å². The van der Waals surface area contributed by atoms with E-state index in [0.29, 0.717) is 13.1 Å². The Kier molecular flexibility index (Phi) is 7.45. The first kappa shape index (κ1) is 21.1. The summed E-state index contributed by atoms with van der Waals surface area (Å²) in [5.41, 5.74) is 2.27. The maximum atomic E-state index is 13.2. The van der Waals surface area contributed by atoms with Crippen LogP contribution in [0.4, 0.5) is 0 Å². The van der Waals surface area contributed by atoms with Gasteiger partial charge in [-0.2, -0.15) is 0 Å². The van der Waals surface area contributed by atoms with Crippen molar-refractivity contribution in [1.82, 2.24) is 10.2 Å². The number of carbonyl (C=O) groups is 2. The molecule has 0 saturated heterocycles. The van der Waals surface area contributed by atoms with Crippen molar-refractivity contribution in [3.8, 4) is 0 Å². The van der Waals surface area contributed by atoms with Crippen LogP contribution >= 0.6 is 0 Å². The monoisotopic (exact) mass is 392 g/mol. The van der Waals surface area contributed by atoms with Crippen molar-refractivity contribution in [3.63, 3.8) is 0 Å². The van der Waals surface area contributed by atoms with E-state index in [1.54, 1.807) is 0 Å². The van der Waals surface area contributed by atoms with Crippen LogP contribution in [0, 0.1) is 11.8 Å². The lowest BCUT2D eigenvalue weighted by molar-refractivity contribution is -0.140. The van der Waals surface area contributed by atoms with E-state index in [-0.39, 0.29) is 29.7 Å². The second-order valence-corrected chi connectivity index (χ2v) is 8.30. The van der Waals surface area contributed by atoms with E-state index < -0.39 is 0 Å². The third kappa shape index (κ3) is 5.93. The number of hydrogen-bond donors (Lipinski definition) is 1. The van der Waals surface area contributed by atoms with Crippen LogP contribution in [0.2, 0.25) is 0 Å². The Balaban J connectivity index is 1.50. The molecule has 1 aliphatic rings. The van der Waals surface area contributed by atoms with Crippen molar-refractivity contribution in [2.24, 2.45) is 11.8 Å². The summed E-state index contributed by atoms with van der Waals surface area (Å²) >= 11 is 0. The second-order valence-electron chi connectivity index (χ2n) is 8.30. The highest BCUT2D eigenvalue weighted by Gasteiger charge is 2.32. The molecule has 2 aromatic carbocycles. The third-order valence-corrected chi connectivity index (χ3v) is 5.86. The topological polar surface area (TPSA) is 49.4 Å². The summed E-state index contributed by atoms with van der Waals surface area (Å²) in [5, 5.41) is 3.05. The van der Waals surface area contributed by atoms with E-state index >= 15 is 0 Å². The SMILES string of the molecule is CC(C)N(Cc1ccccc1)C(=O)C1CCC(C(=O)NCc2ccccc2)CC1. The van der Waals surface area contributed by atoms with Crippen molar-refractivity contribution in [2.45, 2.75) is 58.7 Å². The zero-order valence-corrected chi connectivity index (χ0v) is 17.5. The van der Waals surface area contributed by atoms with E-state index in [1.165, 1.54) is 0 Å². The lowest BCUT2D eigenvalue weighted by Gasteiger charge is -2.34. The van der Waals surface area contributed by atoms with Gasteiger partial charge in [0, 0.05) is 31.0 Å². The molecule has 1 fully saturated rings.